The van der Waals surface area contributed by atoms with Crippen molar-refractivity contribution < 1.29 is 4.79 Å². The molecule has 0 saturated carbocycles. The Kier molecular flexibility index (Phi) is 2.37. The molecule has 0 N–H and O–H groups in total. The third-order valence-electron chi connectivity index (χ3n) is 1.82. The fourth-order valence-corrected chi connectivity index (χ4v) is 1.86. The molecule has 0 unspecified atom stereocenters. The molecule has 0 radical (unpaired) electrons. The van der Waals surface area contributed by atoms with Gasteiger partial charge in [-0.05, 0) is 36.7 Å². The van der Waals surface area contributed by atoms with E-state index in [1.165, 1.54) is 11.5 Å². The van der Waals surface area contributed by atoms with E-state index in [2.05, 4.69) is 9.36 Å². The van der Waals surface area contributed by atoms with Gasteiger partial charge >= 0.3 is 0 Å². The minimum atomic E-state index is 0.454. The van der Waals surface area contributed by atoms with Crippen LogP contribution in [0.25, 0.3) is 10.4 Å². The lowest BCUT2D eigenvalue weighted by Gasteiger charge is -1.94. The molecule has 2 aromatic heterocycles. The molecule has 0 amide bonds. The molecule has 14 heavy (non-hydrogen) atoms. The molecule has 2 heterocycles. The van der Waals surface area contributed by atoms with Crippen LogP contribution in [0, 0.1) is 6.92 Å². The van der Waals surface area contributed by atoms with E-state index in [0.717, 1.165) is 22.4 Å². The summed E-state index contributed by atoms with van der Waals surface area (Å²) in [7, 11) is 0. The van der Waals surface area contributed by atoms with E-state index in [4.69, 9.17) is 0 Å². The Morgan fingerprint density at radius 1 is 1.43 bits per heavy atom. The van der Waals surface area contributed by atoms with Gasteiger partial charge in [0.15, 0.2) is 6.29 Å². The summed E-state index contributed by atoms with van der Waals surface area (Å²) in [4.78, 5) is 15.5. The molecule has 2 aromatic rings. The van der Waals surface area contributed by atoms with Gasteiger partial charge in [-0.2, -0.15) is 4.37 Å². The van der Waals surface area contributed by atoms with Crippen LogP contribution in [0.1, 0.15) is 16.2 Å². The molecule has 0 atom stereocenters. The maximum absolute atomic E-state index is 10.4. The highest BCUT2D eigenvalue weighted by atomic mass is 32.1. The Bertz CT molecular complexity index is 447. The number of nitrogens with zero attached hydrogens (tertiary/aromatic N) is 2. The number of rotatable bonds is 2. The minimum absolute atomic E-state index is 0.454. The first-order valence-corrected chi connectivity index (χ1v) is 4.92. The number of carbonyl (C=O) groups is 1. The van der Waals surface area contributed by atoms with Crippen LogP contribution in [0.4, 0.5) is 0 Å². The molecule has 0 aliphatic heterocycles. The lowest BCUT2D eigenvalue weighted by Crippen LogP contribution is -1.84. The van der Waals surface area contributed by atoms with Crippen molar-refractivity contribution in [2.75, 3.05) is 0 Å². The number of aldehydes is 1. The third kappa shape index (κ3) is 1.70. The molecule has 0 aromatic carbocycles. The SMILES string of the molecule is Cc1cc(-c2ccc(C=O)nc2)sn1. The van der Waals surface area contributed by atoms with E-state index in [1.54, 1.807) is 12.3 Å². The molecule has 3 nitrogen and oxygen atoms in total. The second-order valence-electron chi connectivity index (χ2n) is 2.92. The maximum atomic E-state index is 10.4. The first kappa shape index (κ1) is 9.02. The zero-order valence-corrected chi connectivity index (χ0v) is 8.41. The number of hydrogen-bond acceptors (Lipinski definition) is 4. The van der Waals surface area contributed by atoms with Crippen molar-refractivity contribution in [2.45, 2.75) is 6.92 Å². The van der Waals surface area contributed by atoms with Crippen molar-refractivity contribution in [1.82, 2.24) is 9.36 Å². The zero-order valence-electron chi connectivity index (χ0n) is 7.60. The fraction of sp³-hybridized carbons (Fsp3) is 0.100. The smallest absolute Gasteiger partial charge is 0.168 e. The van der Waals surface area contributed by atoms with Crippen LogP contribution in [-0.4, -0.2) is 15.6 Å². The van der Waals surface area contributed by atoms with Crippen molar-refractivity contribution in [1.29, 1.82) is 0 Å². The molecule has 70 valence electrons. The monoisotopic (exact) mass is 204 g/mol. The van der Waals surface area contributed by atoms with Crippen molar-refractivity contribution >= 4 is 17.8 Å². The standard InChI is InChI=1S/C10H8N2OS/c1-7-4-10(14-12-7)8-2-3-9(6-13)11-5-8/h2-6H,1H3. The van der Waals surface area contributed by atoms with E-state index in [0.29, 0.717) is 5.69 Å². The number of carbonyl (C=O) groups excluding carboxylic acids is 1. The van der Waals surface area contributed by atoms with Gasteiger partial charge < -0.3 is 0 Å². The molecule has 0 saturated heterocycles. The van der Waals surface area contributed by atoms with E-state index >= 15 is 0 Å². The summed E-state index contributed by atoms with van der Waals surface area (Å²) >= 11 is 1.44. The van der Waals surface area contributed by atoms with Gasteiger partial charge in [0.05, 0.1) is 10.6 Å². The van der Waals surface area contributed by atoms with Crippen LogP contribution in [-0.2, 0) is 0 Å². The average Bonchev–Trinajstić information content (AvgIpc) is 2.65. The highest BCUT2D eigenvalue weighted by Crippen LogP contribution is 2.23. The predicted octanol–water partition coefficient (Wildman–Crippen LogP) is 2.33. The first-order chi connectivity index (χ1) is 6.79. The summed E-state index contributed by atoms with van der Waals surface area (Å²) in [6, 6.07) is 5.59. The van der Waals surface area contributed by atoms with E-state index < -0.39 is 0 Å². The van der Waals surface area contributed by atoms with Crippen LogP contribution in [0.15, 0.2) is 24.4 Å². The molecule has 2 rings (SSSR count). The van der Waals surface area contributed by atoms with E-state index in [9.17, 15) is 4.79 Å². The Morgan fingerprint density at radius 3 is 2.79 bits per heavy atom. The largest absolute Gasteiger partial charge is 0.296 e. The summed E-state index contributed by atoms with van der Waals surface area (Å²) in [6.45, 7) is 1.95. The van der Waals surface area contributed by atoms with Gasteiger partial charge in [-0.3, -0.25) is 9.78 Å². The van der Waals surface area contributed by atoms with Crippen molar-refractivity contribution in [3.8, 4) is 10.4 Å². The van der Waals surface area contributed by atoms with E-state index in [1.807, 2.05) is 19.1 Å². The van der Waals surface area contributed by atoms with Crippen molar-refractivity contribution in [3.05, 3.63) is 35.8 Å². The van der Waals surface area contributed by atoms with Crippen LogP contribution in [0.3, 0.4) is 0 Å². The molecular weight excluding hydrogens is 196 g/mol. The molecule has 0 spiro atoms. The van der Waals surface area contributed by atoms with Gasteiger partial charge in [-0.15, -0.1) is 0 Å². The minimum Gasteiger partial charge on any atom is -0.296 e. The maximum Gasteiger partial charge on any atom is 0.168 e. The first-order valence-electron chi connectivity index (χ1n) is 4.14. The molecule has 0 bridgehead atoms. The van der Waals surface area contributed by atoms with Crippen molar-refractivity contribution in [2.24, 2.45) is 0 Å². The Balaban J connectivity index is 2.38. The number of hydrogen-bond donors (Lipinski definition) is 0. The highest BCUT2D eigenvalue weighted by Gasteiger charge is 2.01. The Labute approximate surface area is 85.6 Å². The van der Waals surface area contributed by atoms with Gasteiger partial charge in [-0.1, -0.05) is 0 Å². The highest BCUT2D eigenvalue weighted by molar-refractivity contribution is 7.09. The van der Waals surface area contributed by atoms with E-state index in [-0.39, 0.29) is 0 Å². The second kappa shape index (κ2) is 3.67. The number of aromatic nitrogens is 2. The molecule has 0 fully saturated rings. The van der Waals surface area contributed by atoms with Gasteiger partial charge in [0.25, 0.3) is 0 Å². The normalized spacial score (nSPS) is 10.1. The fourth-order valence-electron chi connectivity index (χ4n) is 1.12. The predicted molar refractivity (Wildman–Crippen MR) is 55.5 cm³/mol. The number of pyridine rings is 1. The second-order valence-corrected chi connectivity index (χ2v) is 3.73. The summed E-state index contributed by atoms with van der Waals surface area (Å²) in [5.41, 5.74) is 2.46. The number of aryl methyl sites for hydroxylation is 1. The lowest BCUT2D eigenvalue weighted by molar-refractivity contribution is 0.111. The van der Waals surface area contributed by atoms with Gasteiger partial charge in [-0.25, -0.2) is 0 Å². The molecular formula is C10H8N2OS. The molecule has 0 aliphatic rings. The Morgan fingerprint density at radius 2 is 2.29 bits per heavy atom. The van der Waals surface area contributed by atoms with Gasteiger partial charge in [0.2, 0.25) is 0 Å². The Hall–Kier alpha value is -1.55. The van der Waals surface area contributed by atoms with Crippen LogP contribution in [0.2, 0.25) is 0 Å². The molecule has 0 aliphatic carbocycles. The lowest BCUT2D eigenvalue weighted by atomic mass is 10.2. The van der Waals surface area contributed by atoms with Crippen LogP contribution in [0.5, 0.6) is 0 Å². The summed E-state index contributed by atoms with van der Waals surface area (Å²) < 4.78 is 4.18. The summed E-state index contributed by atoms with van der Waals surface area (Å²) in [5.74, 6) is 0. The van der Waals surface area contributed by atoms with Gasteiger partial charge in [0, 0.05) is 11.8 Å². The summed E-state index contributed by atoms with van der Waals surface area (Å²) in [5, 5.41) is 0. The van der Waals surface area contributed by atoms with Crippen LogP contribution >= 0.6 is 11.5 Å². The average molecular weight is 204 g/mol. The van der Waals surface area contributed by atoms with Gasteiger partial charge in [0.1, 0.15) is 5.69 Å². The zero-order chi connectivity index (χ0) is 9.97. The quantitative estimate of drug-likeness (QED) is 0.705. The van der Waals surface area contributed by atoms with Crippen LogP contribution < -0.4 is 0 Å². The summed E-state index contributed by atoms with van der Waals surface area (Å²) in [6.07, 6.45) is 2.43. The topological polar surface area (TPSA) is 42.9 Å². The third-order valence-corrected chi connectivity index (χ3v) is 2.75. The van der Waals surface area contributed by atoms with Crippen molar-refractivity contribution in [3.63, 3.8) is 0 Å². The molecule has 4 heteroatoms.